The van der Waals surface area contributed by atoms with Crippen LogP contribution in [0.1, 0.15) is 31.8 Å². The molecule has 2 aromatic rings. The van der Waals surface area contributed by atoms with E-state index in [9.17, 15) is 18.0 Å². The van der Waals surface area contributed by atoms with Crippen molar-refractivity contribution in [1.82, 2.24) is 9.55 Å². The molecule has 1 aliphatic rings. The highest BCUT2D eigenvalue weighted by molar-refractivity contribution is 7.85. The summed E-state index contributed by atoms with van der Waals surface area (Å²) in [6.07, 6.45) is 6.86. The van der Waals surface area contributed by atoms with Crippen LogP contribution in [-0.4, -0.2) is 42.4 Å². The Kier molecular flexibility index (Phi) is 3.42. The van der Waals surface area contributed by atoms with Gasteiger partial charge in [0.2, 0.25) is 0 Å². The summed E-state index contributed by atoms with van der Waals surface area (Å²) in [6, 6.07) is 1.52. The van der Waals surface area contributed by atoms with Crippen LogP contribution in [-0.2, 0) is 20.8 Å². The van der Waals surface area contributed by atoms with Crippen LogP contribution >= 0.6 is 0 Å². The molecule has 0 saturated heterocycles. The smallest absolute Gasteiger partial charge is 0.264 e. The average Bonchev–Trinajstić information content (AvgIpc) is 2.88. The Hall–Kier alpha value is -2.32. The maximum atomic E-state index is 12.4. The van der Waals surface area contributed by atoms with Crippen LogP contribution in [0.4, 0.5) is 0 Å². The highest BCUT2D eigenvalue weighted by Gasteiger charge is 2.31. The van der Waals surface area contributed by atoms with Gasteiger partial charge in [-0.1, -0.05) is 0 Å². The Morgan fingerprint density at radius 3 is 2.36 bits per heavy atom. The van der Waals surface area contributed by atoms with E-state index in [2.05, 4.69) is 9.17 Å². The van der Waals surface area contributed by atoms with Crippen LogP contribution in [0.5, 0.6) is 0 Å². The van der Waals surface area contributed by atoms with Crippen molar-refractivity contribution in [1.29, 1.82) is 0 Å². The lowest BCUT2D eigenvalue weighted by Gasteiger charge is -2.12. The molecule has 2 aromatic heterocycles. The van der Waals surface area contributed by atoms with Gasteiger partial charge in [0.1, 0.15) is 0 Å². The van der Waals surface area contributed by atoms with Gasteiger partial charge in [-0.3, -0.25) is 18.8 Å². The fraction of sp³-hybridized carbons (Fsp3) is 0.214. The van der Waals surface area contributed by atoms with E-state index in [0.717, 1.165) is 6.26 Å². The second kappa shape index (κ2) is 5.15. The van der Waals surface area contributed by atoms with Crippen LogP contribution in [0.2, 0.25) is 0 Å². The molecule has 0 aliphatic heterocycles. The Morgan fingerprint density at radius 2 is 1.73 bits per heavy atom. The average molecular weight is 320 g/mol. The first-order valence-corrected chi connectivity index (χ1v) is 8.26. The molecular weight excluding hydrogens is 308 g/mol. The zero-order valence-electron chi connectivity index (χ0n) is 11.6. The Bertz CT molecular complexity index is 830. The number of carbonyl (C=O) groups is 2. The standard InChI is InChI=1S/C14H12N2O5S/c1-22(19,20)21-5-4-16-7-11-12(8-16)14(18)10-6-15-3-2-9(10)13(11)17/h2-3,6-8H,4-5H2,1H3. The number of pyridine rings is 1. The van der Waals surface area contributed by atoms with Gasteiger partial charge < -0.3 is 4.57 Å². The number of carbonyl (C=O) groups excluding carboxylic acids is 2. The molecule has 7 nitrogen and oxygen atoms in total. The summed E-state index contributed by atoms with van der Waals surface area (Å²) in [7, 11) is -3.52. The van der Waals surface area contributed by atoms with E-state index >= 15 is 0 Å². The molecule has 0 N–H and O–H groups in total. The van der Waals surface area contributed by atoms with Crippen molar-refractivity contribution in [3.63, 3.8) is 0 Å². The summed E-state index contributed by atoms with van der Waals surface area (Å²) in [4.78, 5) is 28.6. The number of hydrogen-bond acceptors (Lipinski definition) is 6. The summed E-state index contributed by atoms with van der Waals surface area (Å²) >= 11 is 0. The van der Waals surface area contributed by atoms with E-state index in [1.807, 2.05) is 0 Å². The largest absolute Gasteiger partial charge is 0.350 e. The molecule has 0 spiro atoms. The van der Waals surface area contributed by atoms with E-state index in [-0.39, 0.29) is 30.3 Å². The number of hydrogen-bond donors (Lipinski definition) is 0. The van der Waals surface area contributed by atoms with Crippen LogP contribution in [0.3, 0.4) is 0 Å². The lowest BCUT2D eigenvalue weighted by Crippen LogP contribution is -2.19. The van der Waals surface area contributed by atoms with Gasteiger partial charge in [0.15, 0.2) is 11.6 Å². The molecule has 0 aromatic carbocycles. The predicted octanol–water partition coefficient (Wildman–Crippen LogP) is 0.635. The van der Waals surface area contributed by atoms with Gasteiger partial charge in [-0.2, -0.15) is 8.42 Å². The number of nitrogens with zero attached hydrogens (tertiary/aromatic N) is 2. The first-order valence-electron chi connectivity index (χ1n) is 6.44. The van der Waals surface area contributed by atoms with E-state index in [1.165, 1.54) is 30.9 Å². The second-order valence-corrected chi connectivity index (χ2v) is 6.57. The third-order valence-corrected chi connectivity index (χ3v) is 3.92. The zero-order valence-corrected chi connectivity index (χ0v) is 12.5. The Labute approximate surface area is 126 Å². The van der Waals surface area contributed by atoms with Crippen molar-refractivity contribution < 1.29 is 22.2 Å². The molecule has 22 heavy (non-hydrogen) atoms. The maximum absolute atomic E-state index is 12.4. The lowest BCUT2D eigenvalue weighted by atomic mass is 9.88. The second-order valence-electron chi connectivity index (χ2n) is 4.93. The molecule has 0 amide bonds. The highest BCUT2D eigenvalue weighted by Crippen LogP contribution is 2.27. The van der Waals surface area contributed by atoms with Gasteiger partial charge >= 0.3 is 0 Å². The first kappa shape index (κ1) is 14.6. The van der Waals surface area contributed by atoms with Gasteiger partial charge in [-0.15, -0.1) is 0 Å². The summed E-state index contributed by atoms with van der Waals surface area (Å²) in [5, 5.41) is 0. The SMILES string of the molecule is CS(=O)(=O)OCCn1cc2c(c1)C(=O)c1cnccc1C2=O. The molecular formula is C14H12N2O5S. The van der Waals surface area contributed by atoms with E-state index in [0.29, 0.717) is 16.7 Å². The molecule has 0 radical (unpaired) electrons. The Balaban J connectivity index is 1.89. The van der Waals surface area contributed by atoms with Gasteiger partial charge in [0, 0.05) is 36.9 Å². The van der Waals surface area contributed by atoms with Crippen LogP contribution in [0.25, 0.3) is 0 Å². The molecule has 0 fully saturated rings. The fourth-order valence-electron chi connectivity index (χ4n) is 2.36. The van der Waals surface area contributed by atoms with Gasteiger partial charge in [-0.25, -0.2) is 0 Å². The van der Waals surface area contributed by atoms with Crippen molar-refractivity contribution in [3.05, 3.63) is 53.1 Å². The molecule has 0 atom stereocenters. The molecule has 0 saturated carbocycles. The Morgan fingerprint density at radius 1 is 1.09 bits per heavy atom. The van der Waals surface area contributed by atoms with E-state index in [4.69, 9.17) is 0 Å². The molecule has 0 bridgehead atoms. The van der Waals surface area contributed by atoms with Gasteiger partial charge in [0.25, 0.3) is 10.1 Å². The molecule has 8 heteroatoms. The molecule has 3 rings (SSSR count). The van der Waals surface area contributed by atoms with Gasteiger partial charge in [-0.05, 0) is 6.07 Å². The summed E-state index contributed by atoms with van der Waals surface area (Å²) < 4.78 is 28.1. The minimum Gasteiger partial charge on any atom is -0.350 e. The van der Waals surface area contributed by atoms with Crippen LogP contribution < -0.4 is 0 Å². The highest BCUT2D eigenvalue weighted by atomic mass is 32.2. The number of rotatable bonds is 4. The zero-order chi connectivity index (χ0) is 15.9. The number of aromatic nitrogens is 2. The van der Waals surface area contributed by atoms with Crippen molar-refractivity contribution >= 4 is 21.7 Å². The first-order chi connectivity index (χ1) is 10.4. The van der Waals surface area contributed by atoms with E-state index < -0.39 is 10.1 Å². The number of fused-ring (bicyclic) bond motifs is 2. The summed E-state index contributed by atoms with van der Waals surface area (Å²) in [5.74, 6) is -0.504. The van der Waals surface area contributed by atoms with Crippen molar-refractivity contribution in [2.75, 3.05) is 12.9 Å². The number of ketones is 2. The van der Waals surface area contributed by atoms with Gasteiger partial charge in [0.05, 0.1) is 29.6 Å². The predicted molar refractivity (Wildman–Crippen MR) is 76.3 cm³/mol. The van der Waals surface area contributed by atoms with Crippen molar-refractivity contribution in [3.8, 4) is 0 Å². The van der Waals surface area contributed by atoms with Crippen molar-refractivity contribution in [2.45, 2.75) is 6.54 Å². The normalized spacial score (nSPS) is 13.9. The van der Waals surface area contributed by atoms with Crippen LogP contribution in [0, 0.1) is 0 Å². The van der Waals surface area contributed by atoms with Crippen molar-refractivity contribution in [2.24, 2.45) is 0 Å². The maximum Gasteiger partial charge on any atom is 0.264 e. The minimum atomic E-state index is -3.52. The quantitative estimate of drug-likeness (QED) is 0.655. The molecule has 114 valence electrons. The summed E-state index contributed by atoms with van der Waals surface area (Å²) in [6.45, 7) is 0.151. The fourth-order valence-corrected chi connectivity index (χ4v) is 2.73. The minimum absolute atomic E-state index is 0.0662. The lowest BCUT2D eigenvalue weighted by molar-refractivity contribution is 0.0979. The molecule has 1 aliphatic carbocycles. The van der Waals surface area contributed by atoms with E-state index in [1.54, 1.807) is 4.57 Å². The summed E-state index contributed by atoms with van der Waals surface area (Å²) in [5.41, 5.74) is 1.22. The molecule has 2 heterocycles. The third kappa shape index (κ3) is 2.58. The monoisotopic (exact) mass is 320 g/mol. The third-order valence-electron chi connectivity index (χ3n) is 3.33. The topological polar surface area (TPSA) is 95.3 Å². The molecule has 0 unspecified atom stereocenters. The van der Waals surface area contributed by atoms with Crippen LogP contribution in [0.15, 0.2) is 30.9 Å².